The number of anilines is 1. The minimum atomic E-state index is -3.89. The summed E-state index contributed by atoms with van der Waals surface area (Å²) in [5, 5.41) is 2.39. The summed E-state index contributed by atoms with van der Waals surface area (Å²) in [4.78, 5) is 34.1. The number of nitrogen functional groups attached to an aromatic ring is 1. The quantitative estimate of drug-likeness (QED) is 0.381. The van der Waals surface area contributed by atoms with E-state index in [4.69, 9.17) is 15.2 Å². The molecule has 0 saturated heterocycles. The number of nitrogens with two attached hydrogens (primary N) is 1. The molecule has 0 aliphatic carbocycles. The molecule has 0 spiro atoms. The van der Waals surface area contributed by atoms with Crippen LogP contribution in [0.15, 0.2) is 12.7 Å². The maximum Gasteiger partial charge on any atom is 0.323 e. The van der Waals surface area contributed by atoms with E-state index in [9.17, 15) is 14.3 Å². The minimum Gasteiger partial charge on any atom is -0.464 e. The van der Waals surface area contributed by atoms with Gasteiger partial charge in [-0.2, -0.15) is 0 Å². The number of esters is 1. The molecule has 28 heavy (non-hydrogen) atoms. The number of nitrogens with zero attached hydrogens (tertiary/aromatic N) is 4. The lowest BCUT2D eigenvalue weighted by atomic mass is 10.2. The predicted molar refractivity (Wildman–Crippen MR) is 103 cm³/mol. The van der Waals surface area contributed by atoms with Gasteiger partial charge < -0.3 is 24.7 Å². The van der Waals surface area contributed by atoms with Crippen molar-refractivity contribution in [3.05, 3.63) is 12.7 Å². The van der Waals surface area contributed by atoms with Gasteiger partial charge in [0.15, 0.2) is 11.5 Å². The van der Waals surface area contributed by atoms with E-state index in [-0.39, 0.29) is 18.3 Å². The van der Waals surface area contributed by atoms with Crippen molar-refractivity contribution in [3.63, 3.8) is 0 Å². The molecule has 3 atom stereocenters. The summed E-state index contributed by atoms with van der Waals surface area (Å²) in [6.07, 6.45) is 2.02. The molecule has 0 bridgehead atoms. The molecule has 2 rings (SSSR count). The van der Waals surface area contributed by atoms with Gasteiger partial charge in [-0.05, 0) is 19.8 Å². The normalized spacial score (nSPS) is 16.1. The molecular weight excluding hydrogens is 387 g/mol. The van der Waals surface area contributed by atoms with Crippen LogP contribution in [-0.2, 0) is 25.4 Å². The van der Waals surface area contributed by atoms with Crippen molar-refractivity contribution < 1.29 is 23.7 Å². The van der Waals surface area contributed by atoms with Gasteiger partial charge in [0.25, 0.3) is 7.52 Å². The van der Waals surface area contributed by atoms with Crippen LogP contribution in [0.3, 0.4) is 0 Å². The summed E-state index contributed by atoms with van der Waals surface area (Å²) in [6.45, 7) is 7.62. The molecular formula is C16H27N6O5P. The van der Waals surface area contributed by atoms with Crippen molar-refractivity contribution >= 4 is 30.5 Å². The van der Waals surface area contributed by atoms with Crippen LogP contribution in [0.4, 0.5) is 5.82 Å². The third kappa shape index (κ3) is 6.23. The average molecular weight is 414 g/mol. The summed E-state index contributed by atoms with van der Waals surface area (Å²) >= 11 is 0. The second-order valence-electron chi connectivity index (χ2n) is 7.01. The molecule has 0 fully saturated rings. The standard InChI is InChI=1S/C16H27N6O5P/c1-10(2)6-26-16(23)12(4)21-28(24,25)9-27-11(3)5-22-8-20-13-14(17)18-7-19-15(13)22/h7-8,10-12H,5-6,9H2,1-4H3,(H2,17,18,19)(H2,21,24,25)/t11-,12+/m1/s1. The lowest BCUT2D eigenvalue weighted by Gasteiger charge is -2.21. The van der Waals surface area contributed by atoms with Crippen LogP contribution in [0.2, 0.25) is 0 Å². The van der Waals surface area contributed by atoms with Gasteiger partial charge >= 0.3 is 5.97 Å². The Hall–Kier alpha value is -2.07. The molecule has 2 heterocycles. The zero-order chi connectivity index (χ0) is 20.9. The van der Waals surface area contributed by atoms with Crippen LogP contribution < -0.4 is 10.8 Å². The Kier molecular flexibility index (Phi) is 7.48. The van der Waals surface area contributed by atoms with Gasteiger partial charge in [0, 0.05) is 0 Å². The highest BCUT2D eigenvalue weighted by Crippen LogP contribution is 2.36. The van der Waals surface area contributed by atoms with Gasteiger partial charge in [-0.1, -0.05) is 13.8 Å². The molecule has 0 amide bonds. The summed E-state index contributed by atoms with van der Waals surface area (Å²) in [5.74, 6) is -0.126. The predicted octanol–water partition coefficient (Wildman–Crippen LogP) is 1.13. The third-order valence-corrected chi connectivity index (χ3v) is 5.02. The van der Waals surface area contributed by atoms with E-state index < -0.39 is 32.0 Å². The van der Waals surface area contributed by atoms with Crippen LogP contribution in [0.5, 0.6) is 0 Å². The first-order chi connectivity index (χ1) is 13.1. The zero-order valence-electron chi connectivity index (χ0n) is 16.4. The number of aromatic nitrogens is 4. The van der Waals surface area contributed by atoms with Crippen LogP contribution >= 0.6 is 7.52 Å². The SMILES string of the molecule is CC(C)COC(=O)[C@H](C)NP(=O)(O)CO[C@H](C)Cn1cnc2c(N)ncnc21. The Bertz CT molecular complexity index is 857. The van der Waals surface area contributed by atoms with Crippen molar-refractivity contribution in [2.75, 3.05) is 18.7 Å². The number of ether oxygens (including phenoxy) is 2. The van der Waals surface area contributed by atoms with Gasteiger partial charge in [0.1, 0.15) is 24.2 Å². The van der Waals surface area contributed by atoms with Gasteiger partial charge in [0.05, 0.1) is 25.6 Å². The highest BCUT2D eigenvalue weighted by atomic mass is 31.2. The van der Waals surface area contributed by atoms with E-state index in [1.807, 2.05) is 13.8 Å². The molecule has 4 N–H and O–H groups in total. The van der Waals surface area contributed by atoms with Gasteiger partial charge in [-0.25, -0.2) is 20.0 Å². The summed E-state index contributed by atoms with van der Waals surface area (Å²) in [6, 6.07) is -0.925. The largest absolute Gasteiger partial charge is 0.464 e. The van der Waals surface area contributed by atoms with Crippen LogP contribution in [0, 0.1) is 5.92 Å². The number of rotatable bonds is 10. The number of carbonyl (C=O) groups is 1. The Morgan fingerprint density at radius 3 is 2.71 bits per heavy atom. The smallest absolute Gasteiger partial charge is 0.323 e. The van der Waals surface area contributed by atoms with Gasteiger partial charge in [-0.3, -0.25) is 9.36 Å². The van der Waals surface area contributed by atoms with Crippen molar-refractivity contribution in [1.29, 1.82) is 0 Å². The Balaban J connectivity index is 1.86. The first-order valence-electron chi connectivity index (χ1n) is 8.88. The van der Waals surface area contributed by atoms with E-state index in [2.05, 4.69) is 20.0 Å². The molecule has 12 heteroatoms. The number of hydrogen-bond acceptors (Lipinski definition) is 8. The molecule has 0 saturated carbocycles. The van der Waals surface area contributed by atoms with Crippen molar-refractivity contribution in [1.82, 2.24) is 24.6 Å². The van der Waals surface area contributed by atoms with Crippen LogP contribution in [0.25, 0.3) is 11.2 Å². The third-order valence-electron chi connectivity index (χ3n) is 3.73. The lowest BCUT2D eigenvalue weighted by molar-refractivity contribution is -0.146. The zero-order valence-corrected chi connectivity index (χ0v) is 17.3. The van der Waals surface area contributed by atoms with E-state index in [1.165, 1.54) is 13.3 Å². The van der Waals surface area contributed by atoms with Crippen molar-refractivity contribution in [2.24, 2.45) is 5.92 Å². The summed E-state index contributed by atoms with van der Waals surface area (Å²) in [5.41, 5.74) is 6.79. The van der Waals surface area contributed by atoms with Gasteiger partial charge in [0.2, 0.25) is 0 Å². The first kappa shape index (κ1) is 22.2. The number of carbonyl (C=O) groups excluding carboxylic acids is 1. The topological polar surface area (TPSA) is 154 Å². The molecule has 2 aromatic heterocycles. The number of nitrogens with one attached hydrogen (secondary N) is 1. The number of fused-ring (bicyclic) bond motifs is 1. The fraction of sp³-hybridized carbons (Fsp3) is 0.625. The second kappa shape index (κ2) is 9.42. The van der Waals surface area contributed by atoms with Crippen LogP contribution in [0.1, 0.15) is 27.7 Å². The maximum atomic E-state index is 12.3. The minimum absolute atomic E-state index is 0.182. The fourth-order valence-electron chi connectivity index (χ4n) is 2.36. The number of hydrogen-bond donors (Lipinski definition) is 3. The van der Waals surface area contributed by atoms with Crippen molar-refractivity contribution in [2.45, 2.75) is 46.4 Å². The molecule has 0 aromatic carbocycles. The van der Waals surface area contributed by atoms with E-state index in [0.717, 1.165) is 0 Å². The Labute approximate surface area is 163 Å². The molecule has 0 aliphatic heterocycles. The highest BCUT2D eigenvalue weighted by Gasteiger charge is 2.27. The Morgan fingerprint density at radius 2 is 2.04 bits per heavy atom. The van der Waals surface area contributed by atoms with E-state index >= 15 is 0 Å². The van der Waals surface area contributed by atoms with Gasteiger partial charge in [-0.15, -0.1) is 0 Å². The first-order valence-corrected chi connectivity index (χ1v) is 10.7. The monoisotopic (exact) mass is 414 g/mol. The van der Waals surface area contributed by atoms with Crippen LogP contribution in [-0.4, -0.2) is 55.5 Å². The van der Waals surface area contributed by atoms with Crippen molar-refractivity contribution in [3.8, 4) is 0 Å². The summed E-state index contributed by atoms with van der Waals surface area (Å²) in [7, 11) is -3.89. The fourth-order valence-corrected chi connectivity index (χ4v) is 3.60. The second-order valence-corrected chi connectivity index (χ2v) is 8.93. The molecule has 0 aliphatic rings. The van der Waals surface area contributed by atoms with E-state index in [1.54, 1.807) is 17.8 Å². The molecule has 11 nitrogen and oxygen atoms in total. The molecule has 1 unspecified atom stereocenters. The molecule has 0 radical (unpaired) electrons. The maximum absolute atomic E-state index is 12.3. The van der Waals surface area contributed by atoms with E-state index in [0.29, 0.717) is 17.7 Å². The lowest BCUT2D eigenvalue weighted by Crippen LogP contribution is -2.35. The molecule has 156 valence electrons. The molecule has 2 aromatic rings. The highest BCUT2D eigenvalue weighted by molar-refractivity contribution is 7.55. The summed E-state index contributed by atoms with van der Waals surface area (Å²) < 4.78 is 24.5. The Morgan fingerprint density at radius 1 is 1.32 bits per heavy atom. The number of imidazole rings is 1. The average Bonchev–Trinajstić information content (AvgIpc) is 3.02.